The van der Waals surface area contributed by atoms with Crippen LogP contribution in [0.15, 0.2) is 24.3 Å². The smallest absolute Gasteiger partial charge is 0.109 e. The van der Waals surface area contributed by atoms with E-state index in [1.165, 1.54) is 18.4 Å². The number of β-amino-alcohol motifs (C(OH)–C–C–N with tert-alkyl or cyclic N) is 1. The third-order valence-electron chi connectivity index (χ3n) is 5.05. The van der Waals surface area contributed by atoms with Crippen molar-refractivity contribution in [3.05, 3.63) is 35.4 Å². The third kappa shape index (κ3) is 6.01. The first-order valence-corrected chi connectivity index (χ1v) is 9.61. The first-order chi connectivity index (χ1) is 12.6. The Labute approximate surface area is 156 Å². The Hall–Kier alpha value is -1.02. The first-order valence-electron chi connectivity index (χ1n) is 9.61. The fourth-order valence-electron chi connectivity index (χ4n) is 3.35. The summed E-state index contributed by atoms with van der Waals surface area (Å²) in [6.07, 6.45) is 1.00. The van der Waals surface area contributed by atoms with Crippen LogP contribution in [-0.2, 0) is 17.7 Å². The molecule has 6 nitrogen and oxygen atoms in total. The van der Waals surface area contributed by atoms with Crippen molar-refractivity contribution in [2.45, 2.75) is 63.5 Å². The lowest BCUT2D eigenvalue weighted by Gasteiger charge is -2.43. The van der Waals surface area contributed by atoms with Crippen molar-refractivity contribution < 1.29 is 25.2 Å². The van der Waals surface area contributed by atoms with Gasteiger partial charge in [-0.25, -0.2) is 0 Å². The van der Waals surface area contributed by atoms with Gasteiger partial charge < -0.3 is 25.2 Å². The van der Waals surface area contributed by atoms with Crippen molar-refractivity contribution in [2.24, 2.45) is 0 Å². The molecule has 1 aromatic rings. The molecular formula is C20H33NO5. The monoisotopic (exact) mass is 367 g/mol. The lowest BCUT2D eigenvalue weighted by molar-refractivity contribution is -0.147. The number of nitrogens with zero attached hydrogens (tertiary/aromatic N) is 1. The van der Waals surface area contributed by atoms with Crippen LogP contribution in [0, 0.1) is 0 Å². The van der Waals surface area contributed by atoms with Crippen LogP contribution in [0.1, 0.15) is 37.3 Å². The number of hydrogen-bond acceptors (Lipinski definition) is 6. The molecule has 1 aliphatic rings. The summed E-state index contributed by atoms with van der Waals surface area (Å²) in [7, 11) is 0. The van der Waals surface area contributed by atoms with E-state index in [2.05, 4.69) is 19.1 Å². The molecule has 0 bridgehead atoms. The van der Waals surface area contributed by atoms with Crippen molar-refractivity contribution >= 4 is 0 Å². The van der Waals surface area contributed by atoms with Crippen LogP contribution >= 0.6 is 0 Å². The molecule has 26 heavy (non-hydrogen) atoms. The van der Waals surface area contributed by atoms with E-state index >= 15 is 0 Å². The predicted octanol–water partition coefficient (Wildman–Crippen LogP) is 0.695. The largest absolute Gasteiger partial charge is 0.395 e. The Morgan fingerprint density at radius 2 is 1.69 bits per heavy atom. The number of piperidine rings is 1. The van der Waals surface area contributed by atoms with Crippen LogP contribution in [0.2, 0.25) is 0 Å². The summed E-state index contributed by atoms with van der Waals surface area (Å²) in [5, 5.41) is 39.2. The van der Waals surface area contributed by atoms with Crippen LogP contribution in [0.5, 0.6) is 0 Å². The van der Waals surface area contributed by atoms with Crippen LogP contribution in [0.3, 0.4) is 0 Å². The second kappa shape index (κ2) is 11.0. The van der Waals surface area contributed by atoms with Gasteiger partial charge in [-0.1, -0.05) is 44.0 Å². The van der Waals surface area contributed by atoms with E-state index in [9.17, 15) is 20.4 Å². The number of likely N-dealkylation sites (tertiary alicyclic amines) is 1. The average molecular weight is 367 g/mol. The zero-order chi connectivity index (χ0) is 18.9. The molecule has 1 aliphatic heterocycles. The maximum atomic E-state index is 10.0. The van der Waals surface area contributed by atoms with Gasteiger partial charge in [-0.3, -0.25) is 4.90 Å². The molecule has 6 heteroatoms. The number of hydrogen-bond donors (Lipinski definition) is 4. The molecule has 0 aliphatic carbocycles. The standard InChI is InChI=1S/C20H33NO5/c1-2-3-4-10-26-11-9-15-5-7-16(8-6-15)12-21-13-18(23)20(25)19(24)17(21)14-22/h5-8,17-20,22-25H,2-4,9-14H2,1H3/t17-,18+,19-,20-/m1/s1. The number of aliphatic hydroxyl groups is 4. The molecule has 0 radical (unpaired) electrons. The molecule has 0 amide bonds. The van der Waals surface area contributed by atoms with Gasteiger partial charge in [-0.15, -0.1) is 0 Å². The minimum atomic E-state index is -1.22. The first kappa shape index (κ1) is 21.3. The van der Waals surface area contributed by atoms with E-state index in [0.717, 1.165) is 31.6 Å². The molecule has 148 valence electrons. The Kier molecular flexibility index (Phi) is 8.98. The molecular weight excluding hydrogens is 334 g/mol. The average Bonchev–Trinajstić information content (AvgIpc) is 2.64. The molecule has 1 fully saturated rings. The minimum absolute atomic E-state index is 0.219. The molecule has 4 atom stereocenters. The lowest BCUT2D eigenvalue weighted by atomic mass is 9.93. The van der Waals surface area contributed by atoms with E-state index in [4.69, 9.17) is 4.74 Å². The molecule has 0 saturated carbocycles. The molecule has 2 rings (SSSR count). The van der Waals surface area contributed by atoms with Crippen molar-refractivity contribution in [1.82, 2.24) is 4.90 Å². The zero-order valence-electron chi connectivity index (χ0n) is 15.6. The van der Waals surface area contributed by atoms with E-state index in [0.29, 0.717) is 6.54 Å². The van der Waals surface area contributed by atoms with Crippen LogP contribution < -0.4 is 0 Å². The Morgan fingerprint density at radius 3 is 2.35 bits per heavy atom. The normalized spacial score (nSPS) is 27.0. The summed E-state index contributed by atoms with van der Waals surface area (Å²) >= 11 is 0. The van der Waals surface area contributed by atoms with Crippen molar-refractivity contribution in [1.29, 1.82) is 0 Å². The quantitative estimate of drug-likeness (QED) is 0.455. The van der Waals surface area contributed by atoms with E-state index < -0.39 is 24.4 Å². The van der Waals surface area contributed by atoms with Gasteiger partial charge >= 0.3 is 0 Å². The second-order valence-corrected chi connectivity index (χ2v) is 7.11. The van der Waals surface area contributed by atoms with Gasteiger partial charge in [0, 0.05) is 19.7 Å². The SMILES string of the molecule is CCCCCOCCc1ccc(CN2C[C@H](O)[C@@H](O)[C@H](O)[C@H]2CO)cc1. The fourth-order valence-corrected chi connectivity index (χ4v) is 3.35. The Balaban J connectivity index is 1.82. The summed E-state index contributed by atoms with van der Waals surface area (Å²) in [4.78, 5) is 1.81. The molecule has 0 spiro atoms. The Morgan fingerprint density at radius 1 is 1.00 bits per heavy atom. The summed E-state index contributed by atoms with van der Waals surface area (Å²) < 4.78 is 5.64. The highest BCUT2D eigenvalue weighted by molar-refractivity contribution is 5.23. The number of ether oxygens (including phenoxy) is 1. The van der Waals surface area contributed by atoms with Gasteiger partial charge in [0.1, 0.15) is 12.2 Å². The van der Waals surface area contributed by atoms with E-state index in [1.807, 2.05) is 17.0 Å². The summed E-state index contributed by atoms with van der Waals surface area (Å²) in [5.41, 5.74) is 2.24. The van der Waals surface area contributed by atoms with Crippen molar-refractivity contribution in [3.63, 3.8) is 0 Å². The van der Waals surface area contributed by atoms with Gasteiger partial charge in [0.25, 0.3) is 0 Å². The summed E-state index contributed by atoms with van der Waals surface area (Å²) in [6.45, 7) is 4.17. The number of aliphatic hydroxyl groups excluding tert-OH is 4. The van der Waals surface area contributed by atoms with E-state index in [-0.39, 0.29) is 13.2 Å². The van der Waals surface area contributed by atoms with Gasteiger partial charge in [0.05, 0.1) is 25.4 Å². The van der Waals surface area contributed by atoms with E-state index in [1.54, 1.807) is 0 Å². The second-order valence-electron chi connectivity index (χ2n) is 7.11. The molecule has 4 N–H and O–H groups in total. The minimum Gasteiger partial charge on any atom is -0.395 e. The van der Waals surface area contributed by atoms with Crippen LogP contribution in [-0.4, -0.2) is 76.0 Å². The summed E-state index contributed by atoms with van der Waals surface area (Å²) in [5.74, 6) is 0. The number of rotatable bonds is 10. The maximum absolute atomic E-state index is 10.0. The maximum Gasteiger partial charge on any atom is 0.109 e. The highest BCUT2D eigenvalue weighted by Gasteiger charge is 2.40. The predicted molar refractivity (Wildman–Crippen MR) is 99.8 cm³/mol. The highest BCUT2D eigenvalue weighted by atomic mass is 16.5. The molecule has 1 saturated heterocycles. The van der Waals surface area contributed by atoms with Gasteiger partial charge in [0.15, 0.2) is 0 Å². The van der Waals surface area contributed by atoms with Gasteiger partial charge in [0.2, 0.25) is 0 Å². The fraction of sp³-hybridized carbons (Fsp3) is 0.700. The highest BCUT2D eigenvalue weighted by Crippen LogP contribution is 2.21. The number of benzene rings is 1. The van der Waals surface area contributed by atoms with Gasteiger partial charge in [-0.2, -0.15) is 0 Å². The van der Waals surface area contributed by atoms with Crippen LogP contribution in [0.4, 0.5) is 0 Å². The molecule has 1 aromatic carbocycles. The molecule has 0 aromatic heterocycles. The topological polar surface area (TPSA) is 93.4 Å². The van der Waals surface area contributed by atoms with Crippen LogP contribution in [0.25, 0.3) is 0 Å². The summed E-state index contributed by atoms with van der Waals surface area (Å²) in [6, 6.07) is 7.58. The number of unbranched alkanes of at least 4 members (excludes halogenated alkanes) is 2. The zero-order valence-corrected chi connectivity index (χ0v) is 15.6. The van der Waals surface area contributed by atoms with Gasteiger partial charge in [-0.05, 0) is 24.0 Å². The molecule has 0 unspecified atom stereocenters. The van der Waals surface area contributed by atoms with Crippen molar-refractivity contribution in [3.8, 4) is 0 Å². The third-order valence-corrected chi connectivity index (χ3v) is 5.05. The lowest BCUT2D eigenvalue weighted by Crippen LogP contribution is -2.62. The Bertz CT molecular complexity index is 509. The molecule has 1 heterocycles. The van der Waals surface area contributed by atoms with Crippen molar-refractivity contribution in [2.75, 3.05) is 26.4 Å².